The summed E-state index contributed by atoms with van der Waals surface area (Å²) in [6, 6.07) is 0.599. The van der Waals surface area contributed by atoms with Crippen LogP contribution in [0, 0.1) is 0 Å². The highest BCUT2D eigenvalue weighted by Gasteiger charge is 2.49. The van der Waals surface area contributed by atoms with Gasteiger partial charge in [-0.2, -0.15) is 0 Å². The lowest BCUT2D eigenvalue weighted by molar-refractivity contribution is -0.108. The van der Waals surface area contributed by atoms with Crippen molar-refractivity contribution in [3.8, 4) is 0 Å². The van der Waals surface area contributed by atoms with Gasteiger partial charge in [0.15, 0.2) is 0 Å². The largest absolute Gasteiger partial charge is 0.383 e. The summed E-state index contributed by atoms with van der Waals surface area (Å²) < 4.78 is 10.7. The molecule has 0 spiro atoms. The molecule has 0 saturated heterocycles. The van der Waals surface area contributed by atoms with Crippen molar-refractivity contribution >= 4 is 0 Å². The predicted molar refractivity (Wildman–Crippen MR) is 74.8 cm³/mol. The van der Waals surface area contributed by atoms with Crippen LogP contribution in [0.25, 0.3) is 0 Å². The van der Waals surface area contributed by atoms with Crippen LogP contribution >= 0.6 is 0 Å². The van der Waals surface area contributed by atoms with Crippen LogP contribution in [0.3, 0.4) is 0 Å². The van der Waals surface area contributed by atoms with Crippen molar-refractivity contribution in [3.63, 3.8) is 0 Å². The summed E-state index contributed by atoms with van der Waals surface area (Å²) in [5.74, 6) is 0. The molecule has 0 aliphatic heterocycles. The molecule has 0 atom stereocenters. The maximum atomic E-state index is 6.07. The number of nitrogens with zero attached hydrogens (tertiary/aromatic N) is 1. The van der Waals surface area contributed by atoms with Crippen LogP contribution in [0.1, 0.15) is 39.5 Å². The van der Waals surface area contributed by atoms with E-state index in [2.05, 4.69) is 18.7 Å². The van der Waals surface area contributed by atoms with E-state index in [4.69, 9.17) is 15.2 Å². The van der Waals surface area contributed by atoms with Gasteiger partial charge in [0.1, 0.15) is 0 Å². The van der Waals surface area contributed by atoms with Gasteiger partial charge in [0.2, 0.25) is 0 Å². The van der Waals surface area contributed by atoms with E-state index in [1.54, 1.807) is 14.2 Å². The van der Waals surface area contributed by atoms with E-state index in [-0.39, 0.29) is 5.54 Å². The first-order valence-electron chi connectivity index (χ1n) is 7.16. The molecule has 0 amide bonds. The molecule has 4 nitrogen and oxygen atoms in total. The normalized spacial score (nSPS) is 27.8. The van der Waals surface area contributed by atoms with E-state index in [0.717, 1.165) is 26.0 Å². The van der Waals surface area contributed by atoms with E-state index in [1.807, 2.05) is 0 Å². The molecule has 108 valence electrons. The predicted octanol–water partition coefficient (Wildman–Crippen LogP) is 1.63. The van der Waals surface area contributed by atoms with Gasteiger partial charge >= 0.3 is 0 Å². The lowest BCUT2D eigenvalue weighted by Gasteiger charge is -2.55. The maximum Gasteiger partial charge on any atom is 0.0607 e. The van der Waals surface area contributed by atoms with Gasteiger partial charge in [-0.15, -0.1) is 0 Å². The van der Waals surface area contributed by atoms with Crippen molar-refractivity contribution in [2.75, 3.05) is 33.9 Å². The van der Waals surface area contributed by atoms with Crippen molar-refractivity contribution in [3.05, 3.63) is 0 Å². The number of hydrogen-bond donors (Lipinski definition) is 1. The van der Waals surface area contributed by atoms with Gasteiger partial charge < -0.3 is 15.2 Å². The molecule has 1 fully saturated rings. The molecule has 1 saturated carbocycles. The average Bonchev–Trinajstić information content (AvgIpc) is 2.35. The van der Waals surface area contributed by atoms with E-state index < -0.39 is 0 Å². The smallest absolute Gasteiger partial charge is 0.0607 e. The molecule has 1 rings (SSSR count). The first kappa shape index (κ1) is 15.9. The second kappa shape index (κ2) is 7.43. The van der Waals surface area contributed by atoms with Crippen molar-refractivity contribution in [1.82, 2.24) is 4.90 Å². The summed E-state index contributed by atoms with van der Waals surface area (Å²) in [4.78, 5) is 2.58. The second-order valence-corrected chi connectivity index (χ2v) is 5.35. The number of rotatable bonds is 9. The Balaban J connectivity index is 2.73. The number of nitrogens with two attached hydrogens (primary N) is 1. The highest BCUT2D eigenvalue weighted by atomic mass is 16.5. The molecule has 2 N–H and O–H groups in total. The Morgan fingerprint density at radius 1 is 1.28 bits per heavy atom. The molecule has 4 heteroatoms. The van der Waals surface area contributed by atoms with Crippen LogP contribution in [0.4, 0.5) is 0 Å². The monoisotopic (exact) mass is 258 g/mol. The van der Waals surface area contributed by atoms with Gasteiger partial charge in [-0.1, -0.05) is 13.8 Å². The zero-order chi connectivity index (χ0) is 13.6. The Hall–Kier alpha value is -0.160. The Morgan fingerprint density at radius 2 is 1.89 bits per heavy atom. The molecule has 0 aromatic heterocycles. The molecule has 0 aromatic rings. The highest BCUT2D eigenvalue weighted by molar-refractivity contribution is 5.05. The van der Waals surface area contributed by atoms with E-state index >= 15 is 0 Å². The number of hydrogen-bond acceptors (Lipinski definition) is 4. The van der Waals surface area contributed by atoms with Gasteiger partial charge in [-0.3, -0.25) is 4.90 Å². The fourth-order valence-corrected chi connectivity index (χ4v) is 3.20. The zero-order valence-corrected chi connectivity index (χ0v) is 12.4. The summed E-state index contributed by atoms with van der Waals surface area (Å²) in [6.07, 6.45) is 4.83. The third-order valence-corrected chi connectivity index (χ3v) is 4.46. The van der Waals surface area contributed by atoms with Crippen LogP contribution in [0.2, 0.25) is 0 Å². The quantitative estimate of drug-likeness (QED) is 0.683. The second-order valence-electron chi connectivity index (χ2n) is 5.35. The molecule has 0 bridgehead atoms. The Morgan fingerprint density at radius 3 is 2.28 bits per heavy atom. The van der Waals surface area contributed by atoms with Crippen LogP contribution in [-0.4, -0.2) is 56.5 Å². The van der Waals surface area contributed by atoms with Gasteiger partial charge in [-0.25, -0.2) is 0 Å². The SMILES string of the molecule is CCC(CC)N(CCOC)C1(CN)CC(OC)C1. The van der Waals surface area contributed by atoms with Crippen molar-refractivity contribution in [2.45, 2.75) is 57.2 Å². The molecule has 0 radical (unpaired) electrons. The summed E-state index contributed by atoms with van der Waals surface area (Å²) in [5, 5.41) is 0. The third-order valence-electron chi connectivity index (χ3n) is 4.46. The topological polar surface area (TPSA) is 47.7 Å². The van der Waals surface area contributed by atoms with Crippen molar-refractivity contribution in [2.24, 2.45) is 5.73 Å². The Bertz CT molecular complexity index is 226. The molecule has 0 unspecified atom stereocenters. The number of ether oxygens (including phenoxy) is 2. The summed E-state index contributed by atoms with van der Waals surface area (Å²) in [6.45, 7) is 6.97. The van der Waals surface area contributed by atoms with E-state index in [1.165, 1.54) is 12.8 Å². The Kier molecular flexibility index (Phi) is 6.57. The van der Waals surface area contributed by atoms with Gasteiger partial charge in [-0.05, 0) is 25.7 Å². The minimum Gasteiger partial charge on any atom is -0.383 e. The van der Waals surface area contributed by atoms with Crippen LogP contribution in [0.15, 0.2) is 0 Å². The fraction of sp³-hybridized carbons (Fsp3) is 1.00. The van der Waals surface area contributed by atoms with Gasteiger partial charge in [0.05, 0.1) is 12.7 Å². The molecule has 0 aromatic carbocycles. The molecule has 1 aliphatic rings. The highest BCUT2D eigenvalue weighted by Crippen LogP contribution is 2.40. The molecular weight excluding hydrogens is 228 g/mol. The van der Waals surface area contributed by atoms with Crippen LogP contribution in [0.5, 0.6) is 0 Å². The van der Waals surface area contributed by atoms with Crippen LogP contribution < -0.4 is 5.73 Å². The third kappa shape index (κ3) is 3.23. The minimum absolute atomic E-state index is 0.135. The van der Waals surface area contributed by atoms with Crippen molar-refractivity contribution in [1.29, 1.82) is 0 Å². The first-order valence-corrected chi connectivity index (χ1v) is 7.16. The van der Waals surface area contributed by atoms with Crippen LogP contribution in [-0.2, 0) is 9.47 Å². The zero-order valence-electron chi connectivity index (χ0n) is 12.4. The summed E-state index contributed by atoms with van der Waals surface area (Å²) in [7, 11) is 3.56. The van der Waals surface area contributed by atoms with Gasteiger partial charge in [0.25, 0.3) is 0 Å². The van der Waals surface area contributed by atoms with E-state index in [9.17, 15) is 0 Å². The Labute approximate surface area is 112 Å². The summed E-state index contributed by atoms with van der Waals surface area (Å²) in [5.41, 5.74) is 6.20. The van der Waals surface area contributed by atoms with Gasteiger partial charge in [0, 0.05) is 38.9 Å². The number of methoxy groups -OCH3 is 2. The maximum absolute atomic E-state index is 6.07. The average molecular weight is 258 g/mol. The lowest BCUT2D eigenvalue weighted by atomic mass is 9.71. The minimum atomic E-state index is 0.135. The fourth-order valence-electron chi connectivity index (χ4n) is 3.20. The lowest BCUT2D eigenvalue weighted by Crippen LogP contribution is -2.66. The summed E-state index contributed by atoms with van der Waals surface area (Å²) >= 11 is 0. The molecule has 18 heavy (non-hydrogen) atoms. The van der Waals surface area contributed by atoms with E-state index in [0.29, 0.717) is 18.7 Å². The molecule has 1 aliphatic carbocycles. The molecular formula is C14H30N2O2. The van der Waals surface area contributed by atoms with Crippen molar-refractivity contribution < 1.29 is 9.47 Å². The molecule has 0 heterocycles. The first-order chi connectivity index (χ1) is 8.67. The standard InChI is InChI=1S/C14H30N2O2/c1-5-12(6-2)16(7-8-17-3)14(11-15)9-13(10-14)18-4/h12-13H,5-11,15H2,1-4H3.